The van der Waals surface area contributed by atoms with Crippen LogP contribution in [0, 0.1) is 11.8 Å². The molecule has 0 aliphatic rings. The van der Waals surface area contributed by atoms with Crippen LogP contribution in [-0.2, 0) is 4.79 Å². The molecule has 0 fully saturated rings. The molecule has 0 spiro atoms. The fraction of sp³-hybridized carbons (Fsp3) is 0.933. The second kappa shape index (κ2) is 10.6. The van der Waals surface area contributed by atoms with Gasteiger partial charge in [-0.2, -0.15) is 0 Å². The summed E-state index contributed by atoms with van der Waals surface area (Å²) in [6, 6.07) is 0. The van der Waals surface area contributed by atoms with Crippen molar-refractivity contribution in [3.05, 3.63) is 0 Å². The Balaban J connectivity index is 3.78. The lowest BCUT2D eigenvalue weighted by Crippen LogP contribution is -2.17. The summed E-state index contributed by atoms with van der Waals surface area (Å²) in [6.07, 6.45) is 10.2. The molecule has 17 heavy (non-hydrogen) atoms. The lowest BCUT2D eigenvalue weighted by atomic mass is 9.88. The first-order valence-corrected chi connectivity index (χ1v) is 7.34. The van der Waals surface area contributed by atoms with Crippen LogP contribution in [0.1, 0.15) is 78.6 Å². The molecule has 0 saturated carbocycles. The van der Waals surface area contributed by atoms with Crippen molar-refractivity contribution in [2.45, 2.75) is 78.6 Å². The topological polar surface area (TPSA) is 37.3 Å². The smallest absolute Gasteiger partial charge is 0.306 e. The molecule has 2 heteroatoms. The highest BCUT2D eigenvalue weighted by Gasteiger charge is 2.19. The van der Waals surface area contributed by atoms with Gasteiger partial charge in [-0.05, 0) is 18.8 Å². The van der Waals surface area contributed by atoms with Gasteiger partial charge in [0.1, 0.15) is 0 Å². The van der Waals surface area contributed by atoms with Gasteiger partial charge in [-0.25, -0.2) is 0 Å². The predicted molar refractivity (Wildman–Crippen MR) is 73.2 cm³/mol. The molecule has 2 nitrogen and oxygen atoms in total. The average molecular weight is 242 g/mol. The molecular formula is C15H30O2. The van der Waals surface area contributed by atoms with E-state index in [9.17, 15) is 4.79 Å². The lowest BCUT2D eigenvalue weighted by molar-refractivity contribution is -0.142. The van der Waals surface area contributed by atoms with Crippen molar-refractivity contribution in [3.63, 3.8) is 0 Å². The molecule has 0 radical (unpaired) electrons. The normalized spacial score (nSPS) is 14.5. The minimum atomic E-state index is -0.598. The van der Waals surface area contributed by atoms with E-state index < -0.39 is 5.97 Å². The van der Waals surface area contributed by atoms with Gasteiger partial charge in [0.05, 0.1) is 5.92 Å². The van der Waals surface area contributed by atoms with E-state index in [1.54, 1.807) is 0 Å². The molecule has 0 aliphatic carbocycles. The summed E-state index contributed by atoms with van der Waals surface area (Å²) in [5.74, 6) is -0.153. The molecule has 0 bridgehead atoms. The molecule has 0 heterocycles. The first-order valence-electron chi connectivity index (χ1n) is 7.34. The van der Waals surface area contributed by atoms with Gasteiger partial charge in [-0.3, -0.25) is 4.79 Å². The van der Waals surface area contributed by atoms with Crippen LogP contribution in [-0.4, -0.2) is 11.1 Å². The van der Waals surface area contributed by atoms with Gasteiger partial charge in [0.15, 0.2) is 0 Å². The van der Waals surface area contributed by atoms with E-state index in [1.165, 1.54) is 32.1 Å². The number of aliphatic carboxylic acids is 1. The van der Waals surface area contributed by atoms with Crippen LogP contribution >= 0.6 is 0 Å². The van der Waals surface area contributed by atoms with Crippen molar-refractivity contribution >= 4 is 5.97 Å². The van der Waals surface area contributed by atoms with E-state index in [2.05, 4.69) is 20.8 Å². The third kappa shape index (κ3) is 9.20. The predicted octanol–water partition coefficient (Wildman–Crippen LogP) is 4.87. The van der Waals surface area contributed by atoms with Crippen molar-refractivity contribution in [2.24, 2.45) is 11.8 Å². The first kappa shape index (κ1) is 16.5. The highest BCUT2D eigenvalue weighted by atomic mass is 16.4. The maximum Gasteiger partial charge on any atom is 0.306 e. The van der Waals surface area contributed by atoms with Crippen LogP contribution in [0.4, 0.5) is 0 Å². The summed E-state index contributed by atoms with van der Waals surface area (Å²) < 4.78 is 0. The minimum Gasteiger partial charge on any atom is -0.481 e. The minimum absolute atomic E-state index is 0.115. The zero-order valence-electron chi connectivity index (χ0n) is 11.9. The Morgan fingerprint density at radius 3 is 2.18 bits per heavy atom. The first-order chi connectivity index (χ1) is 8.11. The Morgan fingerprint density at radius 1 is 1.00 bits per heavy atom. The molecule has 0 aromatic rings. The number of carboxylic acids is 1. The van der Waals surface area contributed by atoms with Gasteiger partial charge < -0.3 is 5.11 Å². The highest BCUT2D eigenvalue weighted by molar-refractivity contribution is 5.69. The molecular weight excluding hydrogens is 212 g/mol. The lowest BCUT2D eigenvalue weighted by Gasteiger charge is -2.17. The number of hydrogen-bond donors (Lipinski definition) is 1. The molecule has 0 amide bonds. The van der Waals surface area contributed by atoms with Gasteiger partial charge in [-0.1, -0.05) is 65.7 Å². The second-order valence-electron chi connectivity index (χ2n) is 5.37. The fourth-order valence-electron chi connectivity index (χ4n) is 2.32. The summed E-state index contributed by atoms with van der Waals surface area (Å²) in [4.78, 5) is 11.1. The maximum absolute atomic E-state index is 11.1. The molecule has 0 aromatic heterocycles. The molecule has 102 valence electrons. The van der Waals surface area contributed by atoms with Crippen LogP contribution < -0.4 is 0 Å². The molecule has 2 atom stereocenters. The SMILES string of the molecule is CCCCCCC(C)CC(CCCC)C(=O)O. The Morgan fingerprint density at radius 2 is 1.65 bits per heavy atom. The van der Waals surface area contributed by atoms with Crippen molar-refractivity contribution in [2.75, 3.05) is 0 Å². The number of carbonyl (C=O) groups is 1. The van der Waals surface area contributed by atoms with Crippen LogP contribution in [0.5, 0.6) is 0 Å². The summed E-state index contributed by atoms with van der Waals surface area (Å²) in [5, 5.41) is 9.16. The molecule has 0 aromatic carbocycles. The van der Waals surface area contributed by atoms with Crippen LogP contribution in [0.15, 0.2) is 0 Å². The summed E-state index contributed by atoms with van der Waals surface area (Å²) in [5.41, 5.74) is 0. The van der Waals surface area contributed by atoms with Gasteiger partial charge in [0.25, 0.3) is 0 Å². The van der Waals surface area contributed by atoms with Gasteiger partial charge in [0.2, 0.25) is 0 Å². The van der Waals surface area contributed by atoms with Gasteiger partial charge >= 0.3 is 5.97 Å². The van der Waals surface area contributed by atoms with E-state index in [0.717, 1.165) is 25.7 Å². The summed E-state index contributed by atoms with van der Waals surface area (Å²) in [7, 11) is 0. The van der Waals surface area contributed by atoms with Crippen LogP contribution in [0.25, 0.3) is 0 Å². The molecule has 0 aliphatic heterocycles. The largest absolute Gasteiger partial charge is 0.481 e. The van der Waals surface area contributed by atoms with E-state index in [0.29, 0.717) is 5.92 Å². The zero-order chi connectivity index (χ0) is 13.1. The van der Waals surface area contributed by atoms with Gasteiger partial charge in [0, 0.05) is 0 Å². The number of carboxylic acid groups (broad SMARTS) is 1. The third-order valence-electron chi connectivity index (χ3n) is 3.49. The standard InChI is InChI=1S/C15H30O2/c1-4-6-8-9-10-13(3)12-14(15(16)17)11-7-5-2/h13-14H,4-12H2,1-3H3,(H,16,17). The Bertz CT molecular complexity index is 189. The highest BCUT2D eigenvalue weighted by Crippen LogP contribution is 2.22. The van der Waals surface area contributed by atoms with E-state index in [4.69, 9.17) is 5.11 Å². The van der Waals surface area contributed by atoms with Crippen molar-refractivity contribution < 1.29 is 9.90 Å². The van der Waals surface area contributed by atoms with E-state index in [1.807, 2.05) is 0 Å². The zero-order valence-corrected chi connectivity index (χ0v) is 11.9. The number of hydrogen-bond acceptors (Lipinski definition) is 1. The number of rotatable bonds is 11. The van der Waals surface area contributed by atoms with Crippen molar-refractivity contribution in [1.82, 2.24) is 0 Å². The molecule has 0 saturated heterocycles. The van der Waals surface area contributed by atoms with E-state index >= 15 is 0 Å². The average Bonchev–Trinajstić information content (AvgIpc) is 2.29. The molecule has 0 rings (SSSR count). The van der Waals surface area contributed by atoms with E-state index in [-0.39, 0.29) is 5.92 Å². The summed E-state index contributed by atoms with van der Waals surface area (Å²) >= 11 is 0. The summed E-state index contributed by atoms with van der Waals surface area (Å²) in [6.45, 7) is 6.54. The quantitative estimate of drug-likeness (QED) is 0.525. The Hall–Kier alpha value is -0.530. The van der Waals surface area contributed by atoms with Crippen molar-refractivity contribution in [3.8, 4) is 0 Å². The second-order valence-corrected chi connectivity index (χ2v) is 5.37. The monoisotopic (exact) mass is 242 g/mol. The third-order valence-corrected chi connectivity index (χ3v) is 3.49. The van der Waals surface area contributed by atoms with Crippen molar-refractivity contribution in [1.29, 1.82) is 0 Å². The molecule has 1 N–H and O–H groups in total. The molecule has 2 unspecified atom stereocenters. The van der Waals surface area contributed by atoms with Crippen LogP contribution in [0.2, 0.25) is 0 Å². The Labute approximate surface area is 107 Å². The van der Waals surface area contributed by atoms with Crippen LogP contribution in [0.3, 0.4) is 0 Å². The fourth-order valence-corrected chi connectivity index (χ4v) is 2.32. The number of unbranched alkanes of at least 4 members (excludes halogenated alkanes) is 4. The van der Waals surface area contributed by atoms with Gasteiger partial charge in [-0.15, -0.1) is 0 Å². The maximum atomic E-state index is 11.1. The Kier molecular flexibility index (Phi) is 10.3.